The number of halogens is 2. The third kappa shape index (κ3) is 4.52. The summed E-state index contributed by atoms with van der Waals surface area (Å²) in [6.45, 7) is 1.60. The summed E-state index contributed by atoms with van der Waals surface area (Å²) in [6.07, 6.45) is -0.983. The van der Waals surface area contributed by atoms with E-state index in [9.17, 15) is 18.4 Å². The second-order valence-electron chi connectivity index (χ2n) is 5.05. The van der Waals surface area contributed by atoms with Crippen LogP contribution in [0.2, 0.25) is 0 Å². The maximum absolute atomic E-state index is 13.5. The van der Waals surface area contributed by atoms with Crippen molar-refractivity contribution in [2.75, 3.05) is 0 Å². The van der Waals surface area contributed by atoms with Gasteiger partial charge in [0.15, 0.2) is 17.7 Å². The van der Waals surface area contributed by atoms with E-state index in [1.54, 1.807) is 12.1 Å². The van der Waals surface area contributed by atoms with Crippen LogP contribution in [0.5, 0.6) is 5.75 Å². The number of carboxylic acid groups (broad SMARTS) is 1. The minimum Gasteiger partial charge on any atom is -0.478 e. The first-order chi connectivity index (χ1) is 11.4. The van der Waals surface area contributed by atoms with Crippen LogP contribution in [0.1, 0.15) is 22.8 Å². The standard InChI is InChI=1S/C17H15F2NO4/c1-10(24-15-7-6-13(18)8-14(15)19)16(21)20-9-11-2-4-12(5-3-11)17(22)23/h2-8,10H,9H2,1H3,(H,20,21)(H,22,23)/t10-/m0/s1. The second-order valence-corrected chi connectivity index (χ2v) is 5.05. The van der Waals surface area contributed by atoms with Gasteiger partial charge in [0.25, 0.3) is 5.91 Å². The normalized spacial score (nSPS) is 11.6. The molecule has 0 fully saturated rings. The molecule has 0 aliphatic heterocycles. The van der Waals surface area contributed by atoms with Crippen molar-refractivity contribution in [3.63, 3.8) is 0 Å². The zero-order valence-corrected chi connectivity index (χ0v) is 12.8. The van der Waals surface area contributed by atoms with E-state index in [0.29, 0.717) is 11.6 Å². The van der Waals surface area contributed by atoms with E-state index in [1.807, 2.05) is 0 Å². The Hall–Kier alpha value is -2.96. The third-order valence-corrected chi connectivity index (χ3v) is 3.23. The lowest BCUT2D eigenvalue weighted by Gasteiger charge is -2.15. The fraction of sp³-hybridized carbons (Fsp3) is 0.176. The molecule has 2 N–H and O–H groups in total. The molecule has 0 bridgehead atoms. The molecule has 0 aromatic heterocycles. The Morgan fingerprint density at radius 3 is 2.42 bits per heavy atom. The number of rotatable bonds is 6. The summed E-state index contributed by atoms with van der Waals surface area (Å²) in [5.74, 6) is -3.36. The Balaban J connectivity index is 1.90. The molecule has 24 heavy (non-hydrogen) atoms. The largest absolute Gasteiger partial charge is 0.478 e. The highest BCUT2D eigenvalue weighted by Gasteiger charge is 2.16. The van der Waals surface area contributed by atoms with Gasteiger partial charge in [-0.15, -0.1) is 0 Å². The van der Waals surface area contributed by atoms with Crippen molar-refractivity contribution in [1.29, 1.82) is 0 Å². The Labute approximate surface area is 136 Å². The molecule has 2 aromatic carbocycles. The number of hydrogen-bond acceptors (Lipinski definition) is 3. The van der Waals surface area contributed by atoms with Gasteiger partial charge in [0.2, 0.25) is 0 Å². The number of hydrogen-bond donors (Lipinski definition) is 2. The van der Waals surface area contributed by atoms with Crippen molar-refractivity contribution in [1.82, 2.24) is 5.32 Å². The van der Waals surface area contributed by atoms with Gasteiger partial charge in [0, 0.05) is 12.6 Å². The van der Waals surface area contributed by atoms with Crippen LogP contribution in [0.4, 0.5) is 8.78 Å². The highest BCUT2D eigenvalue weighted by atomic mass is 19.1. The van der Waals surface area contributed by atoms with Crippen LogP contribution >= 0.6 is 0 Å². The second kappa shape index (κ2) is 7.54. The van der Waals surface area contributed by atoms with Crippen LogP contribution in [-0.4, -0.2) is 23.1 Å². The van der Waals surface area contributed by atoms with Crippen LogP contribution in [-0.2, 0) is 11.3 Å². The van der Waals surface area contributed by atoms with E-state index in [4.69, 9.17) is 9.84 Å². The molecule has 126 valence electrons. The van der Waals surface area contributed by atoms with E-state index in [-0.39, 0.29) is 17.9 Å². The Morgan fingerprint density at radius 2 is 1.83 bits per heavy atom. The van der Waals surface area contributed by atoms with E-state index in [1.165, 1.54) is 19.1 Å². The van der Waals surface area contributed by atoms with Crippen molar-refractivity contribution >= 4 is 11.9 Å². The first-order valence-corrected chi connectivity index (χ1v) is 7.08. The Kier molecular flexibility index (Phi) is 5.47. The molecular weight excluding hydrogens is 320 g/mol. The number of carbonyl (C=O) groups excluding carboxylic acids is 1. The van der Waals surface area contributed by atoms with Crippen molar-refractivity contribution in [3.8, 4) is 5.75 Å². The quantitative estimate of drug-likeness (QED) is 0.851. The molecule has 2 aromatic rings. The van der Waals surface area contributed by atoms with Gasteiger partial charge >= 0.3 is 5.97 Å². The Bertz CT molecular complexity index is 747. The summed E-state index contributed by atoms with van der Waals surface area (Å²) < 4.78 is 31.5. The van der Waals surface area contributed by atoms with Crippen molar-refractivity contribution in [2.24, 2.45) is 0 Å². The van der Waals surface area contributed by atoms with Crippen LogP contribution < -0.4 is 10.1 Å². The van der Waals surface area contributed by atoms with E-state index < -0.39 is 29.6 Å². The Morgan fingerprint density at radius 1 is 1.17 bits per heavy atom. The average Bonchev–Trinajstić information content (AvgIpc) is 2.55. The van der Waals surface area contributed by atoms with E-state index >= 15 is 0 Å². The maximum atomic E-state index is 13.5. The molecule has 0 unspecified atom stereocenters. The maximum Gasteiger partial charge on any atom is 0.335 e. The number of ether oxygens (including phenoxy) is 1. The molecule has 5 nitrogen and oxygen atoms in total. The fourth-order valence-corrected chi connectivity index (χ4v) is 1.91. The summed E-state index contributed by atoms with van der Waals surface area (Å²) in [7, 11) is 0. The smallest absolute Gasteiger partial charge is 0.335 e. The van der Waals surface area contributed by atoms with E-state index in [2.05, 4.69) is 5.32 Å². The zero-order chi connectivity index (χ0) is 17.7. The predicted octanol–water partition coefficient (Wildman–Crippen LogP) is 2.75. The molecule has 0 saturated heterocycles. The SMILES string of the molecule is C[C@H](Oc1ccc(F)cc1F)C(=O)NCc1ccc(C(=O)O)cc1. The van der Waals surface area contributed by atoms with Crippen LogP contribution in [0.15, 0.2) is 42.5 Å². The molecule has 0 aliphatic carbocycles. The first kappa shape index (κ1) is 17.4. The highest BCUT2D eigenvalue weighted by Crippen LogP contribution is 2.19. The van der Waals surface area contributed by atoms with Crippen molar-refractivity contribution < 1.29 is 28.2 Å². The number of amides is 1. The van der Waals surface area contributed by atoms with Crippen LogP contribution in [0, 0.1) is 11.6 Å². The third-order valence-electron chi connectivity index (χ3n) is 3.23. The zero-order valence-electron chi connectivity index (χ0n) is 12.8. The highest BCUT2D eigenvalue weighted by molar-refractivity contribution is 5.87. The van der Waals surface area contributed by atoms with Gasteiger partial charge < -0.3 is 15.2 Å². The number of carbonyl (C=O) groups is 2. The lowest BCUT2D eigenvalue weighted by molar-refractivity contribution is -0.127. The van der Waals surface area contributed by atoms with Gasteiger partial charge in [0.05, 0.1) is 5.56 Å². The first-order valence-electron chi connectivity index (χ1n) is 7.08. The summed E-state index contributed by atoms with van der Waals surface area (Å²) in [4.78, 5) is 22.7. The van der Waals surface area contributed by atoms with Crippen molar-refractivity contribution in [3.05, 3.63) is 65.2 Å². The van der Waals surface area contributed by atoms with Crippen LogP contribution in [0.25, 0.3) is 0 Å². The number of carboxylic acids is 1. The lowest BCUT2D eigenvalue weighted by atomic mass is 10.1. The van der Waals surface area contributed by atoms with Crippen molar-refractivity contribution in [2.45, 2.75) is 19.6 Å². The van der Waals surface area contributed by atoms with Gasteiger partial charge in [-0.25, -0.2) is 13.6 Å². The summed E-state index contributed by atoms with van der Waals surface area (Å²) in [5, 5.41) is 11.4. The van der Waals surface area contributed by atoms with Gasteiger partial charge in [-0.05, 0) is 36.8 Å². The molecule has 7 heteroatoms. The van der Waals surface area contributed by atoms with Gasteiger partial charge in [-0.1, -0.05) is 12.1 Å². The topological polar surface area (TPSA) is 75.6 Å². The minimum absolute atomic E-state index is 0.147. The van der Waals surface area contributed by atoms with Gasteiger partial charge in [-0.2, -0.15) is 0 Å². The predicted molar refractivity (Wildman–Crippen MR) is 81.7 cm³/mol. The number of aromatic carboxylic acids is 1. The summed E-state index contributed by atoms with van der Waals surface area (Å²) in [6, 6.07) is 8.83. The fourth-order valence-electron chi connectivity index (χ4n) is 1.91. The summed E-state index contributed by atoms with van der Waals surface area (Å²) in [5.41, 5.74) is 0.849. The minimum atomic E-state index is -1.03. The lowest BCUT2D eigenvalue weighted by Crippen LogP contribution is -2.36. The number of nitrogens with one attached hydrogen (secondary N) is 1. The average molecular weight is 335 g/mol. The molecule has 0 aliphatic rings. The molecular formula is C17H15F2NO4. The van der Waals surface area contributed by atoms with Crippen LogP contribution in [0.3, 0.4) is 0 Å². The molecule has 0 heterocycles. The summed E-state index contributed by atoms with van der Waals surface area (Å²) >= 11 is 0. The molecule has 1 atom stereocenters. The molecule has 0 saturated carbocycles. The van der Waals surface area contributed by atoms with E-state index in [0.717, 1.165) is 12.1 Å². The molecule has 0 radical (unpaired) electrons. The molecule has 1 amide bonds. The monoisotopic (exact) mass is 335 g/mol. The molecule has 0 spiro atoms. The van der Waals surface area contributed by atoms with Gasteiger partial charge in [0.1, 0.15) is 5.82 Å². The number of benzene rings is 2. The van der Waals surface area contributed by atoms with Gasteiger partial charge in [-0.3, -0.25) is 4.79 Å². The molecule has 2 rings (SSSR count).